The summed E-state index contributed by atoms with van der Waals surface area (Å²) in [4.78, 5) is 4.30. The lowest BCUT2D eigenvalue weighted by molar-refractivity contribution is 0.771. The maximum absolute atomic E-state index is 5.93. The highest BCUT2D eigenvalue weighted by Crippen LogP contribution is 2.25. The number of fused-ring (bicyclic) bond motifs is 1. The summed E-state index contributed by atoms with van der Waals surface area (Å²) in [6.45, 7) is 2.01. The zero-order valence-electron chi connectivity index (χ0n) is 9.91. The Hall–Kier alpha value is -2.50. The zero-order chi connectivity index (χ0) is 12.5. The van der Waals surface area contributed by atoms with E-state index in [0.29, 0.717) is 5.69 Å². The van der Waals surface area contributed by atoms with Crippen LogP contribution in [0.5, 0.6) is 0 Å². The predicted molar refractivity (Wildman–Crippen MR) is 68.2 cm³/mol. The molecule has 0 aliphatic carbocycles. The number of nitrogens with two attached hydrogens (primary N) is 1. The van der Waals surface area contributed by atoms with E-state index in [9.17, 15) is 0 Å². The van der Waals surface area contributed by atoms with Crippen LogP contribution in [-0.2, 0) is 6.42 Å². The van der Waals surface area contributed by atoms with Crippen molar-refractivity contribution >= 4 is 16.6 Å². The number of anilines is 1. The van der Waals surface area contributed by atoms with Gasteiger partial charge in [0.15, 0.2) is 5.82 Å². The number of pyridine rings is 1. The average Bonchev–Trinajstić information content (AvgIpc) is 2.88. The van der Waals surface area contributed by atoms with E-state index in [1.54, 1.807) is 10.9 Å². The van der Waals surface area contributed by atoms with Crippen LogP contribution in [0.1, 0.15) is 12.7 Å². The summed E-state index contributed by atoms with van der Waals surface area (Å²) in [5, 5.41) is 12.7. The number of rotatable bonds is 2. The van der Waals surface area contributed by atoms with E-state index in [0.717, 1.165) is 28.8 Å². The predicted octanol–water partition coefficient (Wildman–Crippen LogP) is 1.36. The third-order valence-corrected chi connectivity index (χ3v) is 2.86. The molecule has 6 heteroatoms. The summed E-state index contributed by atoms with van der Waals surface area (Å²) in [6.07, 6.45) is 2.49. The highest BCUT2D eigenvalue weighted by molar-refractivity contribution is 5.95. The highest BCUT2D eigenvalue weighted by Gasteiger charge is 2.11. The zero-order valence-corrected chi connectivity index (χ0v) is 9.91. The molecule has 0 atom stereocenters. The van der Waals surface area contributed by atoms with Gasteiger partial charge in [0, 0.05) is 18.0 Å². The Morgan fingerprint density at radius 2 is 2.17 bits per heavy atom. The average molecular weight is 240 g/mol. The van der Waals surface area contributed by atoms with Crippen molar-refractivity contribution in [3.63, 3.8) is 0 Å². The molecule has 18 heavy (non-hydrogen) atoms. The fourth-order valence-corrected chi connectivity index (χ4v) is 1.98. The summed E-state index contributed by atoms with van der Waals surface area (Å²) in [5.74, 6) is 0.810. The van der Waals surface area contributed by atoms with Gasteiger partial charge in [-0.05, 0) is 34.7 Å². The van der Waals surface area contributed by atoms with Crippen molar-refractivity contribution in [1.82, 2.24) is 25.2 Å². The number of hydrogen-bond acceptors (Lipinski definition) is 5. The monoisotopic (exact) mass is 240 g/mol. The van der Waals surface area contributed by atoms with Crippen LogP contribution in [0.15, 0.2) is 30.5 Å². The van der Waals surface area contributed by atoms with E-state index >= 15 is 0 Å². The van der Waals surface area contributed by atoms with E-state index in [1.165, 1.54) is 0 Å². The van der Waals surface area contributed by atoms with Crippen LogP contribution in [0.2, 0.25) is 0 Å². The number of aryl methyl sites for hydroxylation is 1. The molecule has 90 valence electrons. The van der Waals surface area contributed by atoms with Crippen molar-refractivity contribution < 1.29 is 0 Å². The fourth-order valence-electron chi connectivity index (χ4n) is 1.98. The van der Waals surface area contributed by atoms with Crippen molar-refractivity contribution in [2.45, 2.75) is 13.3 Å². The van der Waals surface area contributed by atoms with Gasteiger partial charge in [0.05, 0.1) is 16.9 Å². The molecule has 2 N–H and O–H groups in total. The Morgan fingerprint density at radius 1 is 1.28 bits per heavy atom. The van der Waals surface area contributed by atoms with Crippen molar-refractivity contribution in [2.75, 3.05) is 5.73 Å². The van der Waals surface area contributed by atoms with Crippen molar-refractivity contribution in [1.29, 1.82) is 0 Å². The van der Waals surface area contributed by atoms with Gasteiger partial charge in [0.25, 0.3) is 0 Å². The molecule has 3 aromatic rings. The number of hydrogen-bond donors (Lipinski definition) is 1. The summed E-state index contributed by atoms with van der Waals surface area (Å²) in [5.41, 5.74) is 8.25. The molecule has 3 rings (SSSR count). The van der Waals surface area contributed by atoms with E-state index in [1.807, 2.05) is 31.2 Å². The van der Waals surface area contributed by atoms with Crippen LogP contribution >= 0.6 is 0 Å². The lowest BCUT2D eigenvalue weighted by atomic mass is 10.1. The molecule has 0 saturated carbocycles. The van der Waals surface area contributed by atoms with Crippen LogP contribution in [0.25, 0.3) is 16.6 Å². The molecule has 0 amide bonds. The first-order valence-electron chi connectivity index (χ1n) is 5.72. The second-order valence-electron chi connectivity index (χ2n) is 3.93. The molecule has 0 unspecified atom stereocenters. The molecule has 0 spiro atoms. The first-order valence-corrected chi connectivity index (χ1v) is 5.72. The molecular formula is C12H12N6. The van der Waals surface area contributed by atoms with Crippen LogP contribution < -0.4 is 5.73 Å². The van der Waals surface area contributed by atoms with Crippen LogP contribution in [-0.4, -0.2) is 25.2 Å². The van der Waals surface area contributed by atoms with E-state index < -0.39 is 0 Å². The fraction of sp³-hybridized carbons (Fsp3) is 0.167. The van der Waals surface area contributed by atoms with Gasteiger partial charge >= 0.3 is 0 Å². The van der Waals surface area contributed by atoms with Crippen LogP contribution in [0.4, 0.5) is 5.69 Å². The summed E-state index contributed by atoms with van der Waals surface area (Å²) < 4.78 is 1.73. The molecule has 0 fully saturated rings. The maximum atomic E-state index is 5.93. The second kappa shape index (κ2) is 4.06. The van der Waals surface area contributed by atoms with Gasteiger partial charge in [-0.25, -0.2) is 0 Å². The van der Waals surface area contributed by atoms with E-state index in [-0.39, 0.29) is 0 Å². The summed E-state index contributed by atoms with van der Waals surface area (Å²) in [7, 11) is 0. The van der Waals surface area contributed by atoms with Crippen molar-refractivity contribution in [3.05, 3.63) is 36.3 Å². The number of tetrazole rings is 1. The van der Waals surface area contributed by atoms with Crippen LogP contribution in [0.3, 0.4) is 0 Å². The quantitative estimate of drug-likeness (QED) is 0.684. The molecule has 2 aromatic heterocycles. The van der Waals surface area contributed by atoms with Gasteiger partial charge in [-0.15, -0.1) is 5.10 Å². The SMILES string of the molecule is CCc1nnnn1-c1ccc(N)c2ncccc12. The molecule has 0 saturated heterocycles. The molecule has 0 bridgehead atoms. The Labute approximate surface area is 103 Å². The molecule has 0 aliphatic rings. The van der Waals surface area contributed by atoms with Gasteiger partial charge in [-0.3, -0.25) is 4.98 Å². The highest BCUT2D eigenvalue weighted by atomic mass is 15.5. The molecule has 1 aromatic carbocycles. The largest absolute Gasteiger partial charge is 0.397 e. The van der Waals surface area contributed by atoms with Crippen molar-refractivity contribution in [3.8, 4) is 5.69 Å². The minimum Gasteiger partial charge on any atom is -0.397 e. The van der Waals surface area contributed by atoms with Gasteiger partial charge in [0.1, 0.15) is 0 Å². The second-order valence-corrected chi connectivity index (χ2v) is 3.93. The lowest BCUT2D eigenvalue weighted by Gasteiger charge is -2.08. The van der Waals surface area contributed by atoms with Gasteiger partial charge in [0.2, 0.25) is 0 Å². The normalized spacial score (nSPS) is 10.9. The van der Waals surface area contributed by atoms with Gasteiger partial charge in [-0.2, -0.15) is 4.68 Å². The number of aromatic nitrogens is 5. The molecule has 2 heterocycles. The first-order chi connectivity index (χ1) is 8.81. The minimum atomic E-state index is 0.653. The summed E-state index contributed by atoms with van der Waals surface area (Å²) in [6, 6.07) is 7.58. The van der Waals surface area contributed by atoms with Gasteiger partial charge in [-0.1, -0.05) is 6.92 Å². The van der Waals surface area contributed by atoms with Crippen molar-refractivity contribution in [2.24, 2.45) is 0 Å². The topological polar surface area (TPSA) is 82.5 Å². The Morgan fingerprint density at radius 3 is 3.00 bits per heavy atom. The Kier molecular flexibility index (Phi) is 2.40. The van der Waals surface area contributed by atoms with E-state index in [2.05, 4.69) is 20.5 Å². The Balaban J connectivity index is 2.34. The third kappa shape index (κ3) is 1.50. The first kappa shape index (κ1) is 10.6. The number of nitrogens with zero attached hydrogens (tertiary/aromatic N) is 5. The summed E-state index contributed by atoms with van der Waals surface area (Å²) >= 11 is 0. The lowest BCUT2D eigenvalue weighted by Crippen LogP contribution is -2.04. The maximum Gasteiger partial charge on any atom is 0.156 e. The molecular weight excluding hydrogens is 228 g/mol. The van der Waals surface area contributed by atoms with Crippen LogP contribution in [0, 0.1) is 0 Å². The number of benzene rings is 1. The molecule has 6 nitrogen and oxygen atoms in total. The van der Waals surface area contributed by atoms with E-state index in [4.69, 9.17) is 5.73 Å². The minimum absolute atomic E-state index is 0.653. The number of nitrogen functional groups attached to an aromatic ring is 1. The van der Waals surface area contributed by atoms with Gasteiger partial charge < -0.3 is 5.73 Å². The smallest absolute Gasteiger partial charge is 0.156 e. The molecule has 0 aliphatic heterocycles. The standard InChI is InChI=1S/C12H12N6/c1-2-11-15-16-17-18(11)10-6-5-9(13)12-8(10)4-3-7-14-12/h3-7H,2,13H2,1H3. The Bertz CT molecular complexity index is 703. The third-order valence-electron chi connectivity index (χ3n) is 2.86. The molecule has 0 radical (unpaired) electrons.